The molecule has 0 unspecified atom stereocenters. The van der Waals surface area contributed by atoms with Crippen LogP contribution in [0.5, 0.6) is 0 Å². The van der Waals surface area contributed by atoms with Crippen LogP contribution in [-0.2, 0) is 4.79 Å². The second kappa shape index (κ2) is 8.03. The molecule has 0 spiro atoms. The van der Waals surface area contributed by atoms with Crippen molar-refractivity contribution in [2.75, 3.05) is 13.1 Å². The summed E-state index contributed by atoms with van der Waals surface area (Å²) in [6, 6.07) is 13.2. The lowest BCUT2D eigenvalue weighted by molar-refractivity contribution is -0.133. The van der Waals surface area contributed by atoms with Gasteiger partial charge in [-0.2, -0.15) is 5.10 Å². The molecule has 0 aliphatic carbocycles. The highest BCUT2D eigenvalue weighted by atomic mass is 16.5. The van der Waals surface area contributed by atoms with E-state index in [1.54, 1.807) is 6.07 Å². The Kier molecular flexibility index (Phi) is 5.29. The van der Waals surface area contributed by atoms with Crippen LogP contribution >= 0.6 is 0 Å². The first-order valence-electron chi connectivity index (χ1n) is 9.90. The summed E-state index contributed by atoms with van der Waals surface area (Å²) in [6.45, 7) is 5.12. The third-order valence-corrected chi connectivity index (χ3v) is 5.59. The molecule has 3 aromatic rings. The maximum Gasteiger partial charge on any atom is 0.264 e. The first-order valence-corrected chi connectivity index (χ1v) is 9.90. The SMILES string of the molecule is Cc1cc(-c2cc(=O)[nH]nc2C2CCN(C(=O)[C@H](C)c3ccccc3)CC2)on1. The van der Waals surface area contributed by atoms with Gasteiger partial charge in [-0.15, -0.1) is 0 Å². The van der Waals surface area contributed by atoms with Crippen LogP contribution in [0.1, 0.15) is 48.6 Å². The lowest BCUT2D eigenvalue weighted by Gasteiger charge is -2.33. The number of H-pyrrole nitrogens is 1. The average Bonchev–Trinajstić information content (AvgIpc) is 3.19. The van der Waals surface area contributed by atoms with Crippen LogP contribution < -0.4 is 5.56 Å². The van der Waals surface area contributed by atoms with Gasteiger partial charge in [0.2, 0.25) is 5.91 Å². The van der Waals surface area contributed by atoms with Crippen LogP contribution in [0.4, 0.5) is 0 Å². The average molecular weight is 392 g/mol. The van der Waals surface area contributed by atoms with Gasteiger partial charge < -0.3 is 9.42 Å². The standard InChI is InChI=1S/C22H24N4O3/c1-14-12-19(29-25-14)18-13-20(27)23-24-21(18)17-8-10-26(11-9-17)22(28)15(2)16-6-4-3-5-7-16/h3-7,12-13,15,17H,8-11H2,1-2H3,(H,23,27)/t15-/m1/s1. The third-order valence-electron chi connectivity index (χ3n) is 5.59. The second-order valence-electron chi connectivity index (χ2n) is 7.60. The summed E-state index contributed by atoms with van der Waals surface area (Å²) in [6.07, 6.45) is 1.57. The first-order chi connectivity index (χ1) is 14.0. The molecule has 0 saturated carbocycles. The predicted octanol–water partition coefficient (Wildman–Crippen LogP) is 3.24. The molecule has 150 valence electrons. The largest absolute Gasteiger partial charge is 0.356 e. The number of nitrogens with one attached hydrogen (secondary N) is 1. The van der Waals surface area contributed by atoms with Crippen LogP contribution in [-0.4, -0.2) is 39.3 Å². The van der Waals surface area contributed by atoms with Gasteiger partial charge in [-0.05, 0) is 32.3 Å². The number of nitrogens with zero attached hydrogens (tertiary/aromatic N) is 3. The zero-order chi connectivity index (χ0) is 20.4. The Morgan fingerprint density at radius 2 is 1.93 bits per heavy atom. The van der Waals surface area contributed by atoms with Crippen molar-refractivity contribution in [3.63, 3.8) is 0 Å². The van der Waals surface area contributed by atoms with Crippen molar-refractivity contribution < 1.29 is 9.32 Å². The lowest BCUT2D eigenvalue weighted by Crippen LogP contribution is -2.40. The van der Waals surface area contributed by atoms with Gasteiger partial charge in [0, 0.05) is 36.7 Å². The maximum absolute atomic E-state index is 12.9. The van der Waals surface area contributed by atoms with Crippen LogP contribution in [0.3, 0.4) is 0 Å². The molecule has 1 aliphatic rings. The van der Waals surface area contributed by atoms with Crippen molar-refractivity contribution in [3.05, 3.63) is 69.8 Å². The number of rotatable bonds is 4. The first kappa shape index (κ1) is 19.1. The smallest absolute Gasteiger partial charge is 0.264 e. The summed E-state index contributed by atoms with van der Waals surface area (Å²) < 4.78 is 5.37. The molecule has 1 amide bonds. The zero-order valence-corrected chi connectivity index (χ0v) is 16.6. The number of hydrogen-bond acceptors (Lipinski definition) is 5. The summed E-state index contributed by atoms with van der Waals surface area (Å²) in [5, 5.41) is 10.8. The van der Waals surface area contributed by atoms with Crippen molar-refractivity contribution in [2.45, 2.75) is 38.5 Å². The van der Waals surface area contributed by atoms with Crippen LogP contribution in [0, 0.1) is 6.92 Å². The van der Waals surface area contributed by atoms with E-state index in [0.717, 1.165) is 29.8 Å². The van der Waals surface area contributed by atoms with Crippen molar-refractivity contribution in [2.24, 2.45) is 0 Å². The summed E-state index contributed by atoms with van der Waals surface area (Å²) in [4.78, 5) is 26.7. The topological polar surface area (TPSA) is 92.1 Å². The Morgan fingerprint density at radius 1 is 1.21 bits per heavy atom. The number of carbonyl (C=O) groups is 1. The van der Waals surface area contributed by atoms with E-state index in [2.05, 4.69) is 15.4 Å². The van der Waals surface area contributed by atoms with E-state index in [0.29, 0.717) is 24.4 Å². The second-order valence-corrected chi connectivity index (χ2v) is 7.60. The van der Waals surface area contributed by atoms with Crippen LogP contribution in [0.25, 0.3) is 11.3 Å². The molecular formula is C22H24N4O3. The Bertz CT molecular complexity index is 1050. The van der Waals surface area contributed by atoms with E-state index in [-0.39, 0.29) is 23.3 Å². The molecule has 0 bridgehead atoms. The van der Waals surface area contributed by atoms with Gasteiger partial charge in [0.1, 0.15) is 0 Å². The number of piperidine rings is 1. The van der Waals surface area contributed by atoms with Gasteiger partial charge in [-0.25, -0.2) is 5.10 Å². The summed E-state index contributed by atoms with van der Waals surface area (Å²) in [5.74, 6) is 0.678. The molecule has 1 N–H and O–H groups in total. The molecule has 7 nitrogen and oxygen atoms in total. The molecule has 3 heterocycles. The Balaban J connectivity index is 1.49. The molecule has 0 radical (unpaired) electrons. The molecule has 4 rings (SSSR count). The Hall–Kier alpha value is -3.22. The molecule has 1 aromatic carbocycles. The van der Waals surface area contributed by atoms with Crippen molar-refractivity contribution >= 4 is 5.91 Å². The number of aryl methyl sites for hydroxylation is 1. The fraction of sp³-hybridized carbons (Fsp3) is 0.364. The molecular weight excluding hydrogens is 368 g/mol. The number of aromatic nitrogens is 3. The van der Waals surface area contributed by atoms with Gasteiger partial charge in [-0.1, -0.05) is 35.5 Å². The van der Waals surface area contributed by atoms with E-state index in [1.165, 1.54) is 6.07 Å². The molecule has 1 fully saturated rings. The normalized spacial score (nSPS) is 16.0. The fourth-order valence-corrected chi connectivity index (χ4v) is 3.94. The Morgan fingerprint density at radius 3 is 2.59 bits per heavy atom. The van der Waals surface area contributed by atoms with Gasteiger partial charge in [0.25, 0.3) is 5.56 Å². The highest BCUT2D eigenvalue weighted by molar-refractivity contribution is 5.83. The number of aromatic amines is 1. The maximum atomic E-state index is 12.9. The molecule has 2 aromatic heterocycles. The van der Waals surface area contributed by atoms with Crippen LogP contribution in [0.15, 0.2) is 51.8 Å². The lowest BCUT2D eigenvalue weighted by atomic mass is 9.89. The van der Waals surface area contributed by atoms with Gasteiger partial charge >= 0.3 is 0 Å². The fourth-order valence-electron chi connectivity index (χ4n) is 3.94. The van der Waals surface area contributed by atoms with E-state index in [1.807, 2.05) is 49.1 Å². The van der Waals surface area contributed by atoms with E-state index in [4.69, 9.17) is 4.52 Å². The van der Waals surface area contributed by atoms with Crippen LogP contribution in [0.2, 0.25) is 0 Å². The van der Waals surface area contributed by atoms with Gasteiger partial charge in [0.05, 0.1) is 17.3 Å². The van der Waals surface area contributed by atoms with Gasteiger partial charge in [0.15, 0.2) is 5.76 Å². The molecule has 7 heteroatoms. The minimum Gasteiger partial charge on any atom is -0.356 e. The highest BCUT2D eigenvalue weighted by Gasteiger charge is 2.30. The van der Waals surface area contributed by atoms with E-state index < -0.39 is 0 Å². The van der Waals surface area contributed by atoms with Crippen molar-refractivity contribution in [1.82, 2.24) is 20.3 Å². The molecule has 1 saturated heterocycles. The van der Waals surface area contributed by atoms with Gasteiger partial charge in [-0.3, -0.25) is 9.59 Å². The number of hydrogen-bond donors (Lipinski definition) is 1. The summed E-state index contributed by atoms with van der Waals surface area (Å²) in [7, 11) is 0. The quantitative estimate of drug-likeness (QED) is 0.736. The molecule has 1 atom stereocenters. The molecule has 29 heavy (non-hydrogen) atoms. The summed E-state index contributed by atoms with van der Waals surface area (Å²) >= 11 is 0. The number of benzene rings is 1. The number of carbonyl (C=O) groups excluding carboxylic acids is 1. The van der Waals surface area contributed by atoms with Crippen molar-refractivity contribution in [1.29, 1.82) is 0 Å². The number of amides is 1. The minimum atomic E-state index is -0.276. The predicted molar refractivity (Wildman–Crippen MR) is 109 cm³/mol. The monoisotopic (exact) mass is 392 g/mol. The summed E-state index contributed by atoms with van der Waals surface area (Å²) in [5.41, 5.74) is 2.98. The minimum absolute atomic E-state index is 0.142. The zero-order valence-electron chi connectivity index (χ0n) is 16.6. The van der Waals surface area contributed by atoms with Crippen molar-refractivity contribution in [3.8, 4) is 11.3 Å². The highest BCUT2D eigenvalue weighted by Crippen LogP contribution is 2.34. The Labute approximate surface area is 168 Å². The van der Waals surface area contributed by atoms with E-state index in [9.17, 15) is 9.59 Å². The molecule has 1 aliphatic heterocycles. The van der Waals surface area contributed by atoms with E-state index >= 15 is 0 Å². The third kappa shape index (κ3) is 3.99. The number of likely N-dealkylation sites (tertiary alicyclic amines) is 1.